The molecule has 0 atom stereocenters. The Bertz CT molecular complexity index is 1400. The first-order chi connectivity index (χ1) is 20.3. The molecule has 4 N–H and O–H groups in total. The molecule has 1 heterocycles. The number of para-hydroxylation sites is 2. The number of halogens is 5. The van der Waals surface area contributed by atoms with Gasteiger partial charge in [0.15, 0.2) is 5.75 Å². The molecular formula is C33H43Cl2F3N4O3. The average Bonchev–Trinajstić information content (AvgIpc) is 2.96. The summed E-state index contributed by atoms with van der Waals surface area (Å²) in [6, 6.07) is 17.4. The molecule has 0 bridgehead atoms. The quantitative estimate of drug-likeness (QED) is 0.198. The summed E-state index contributed by atoms with van der Waals surface area (Å²) in [4.78, 5) is 15.3. The van der Waals surface area contributed by atoms with Crippen molar-refractivity contribution in [3.63, 3.8) is 0 Å². The van der Waals surface area contributed by atoms with E-state index >= 15 is 0 Å². The molecule has 1 fully saturated rings. The Labute approximate surface area is 275 Å². The average molecular weight is 672 g/mol. The number of carbonyl (C=O) groups excluding carboxylic acids is 1. The van der Waals surface area contributed by atoms with Crippen molar-refractivity contribution in [3.05, 3.63) is 77.4 Å². The van der Waals surface area contributed by atoms with Crippen molar-refractivity contribution in [1.29, 1.82) is 0 Å². The van der Waals surface area contributed by atoms with Crippen LogP contribution in [0.25, 0.3) is 0 Å². The number of amides is 2. The highest BCUT2D eigenvalue weighted by atomic mass is 35.5. The predicted octanol–water partition coefficient (Wildman–Crippen LogP) is 8.63. The molecule has 4 rings (SSSR count). The van der Waals surface area contributed by atoms with Gasteiger partial charge in [0.05, 0.1) is 12.8 Å². The molecule has 1 aliphatic rings. The van der Waals surface area contributed by atoms with Gasteiger partial charge in [0, 0.05) is 36.4 Å². The number of carbonyl (C=O) groups is 1. The normalized spacial score (nSPS) is 14.3. The molecule has 0 aromatic heterocycles. The Hall–Kier alpha value is -3.50. The zero-order chi connectivity index (χ0) is 31.4. The van der Waals surface area contributed by atoms with Crippen LogP contribution in [0, 0.1) is 0 Å². The third kappa shape index (κ3) is 9.26. The van der Waals surface area contributed by atoms with E-state index in [1.54, 1.807) is 19.2 Å². The van der Waals surface area contributed by atoms with Gasteiger partial charge in [-0.15, -0.1) is 38.0 Å². The van der Waals surface area contributed by atoms with Crippen LogP contribution < -0.4 is 30.7 Å². The first kappa shape index (κ1) is 37.7. The number of benzene rings is 3. The zero-order valence-corrected chi connectivity index (χ0v) is 27.8. The van der Waals surface area contributed by atoms with Crippen LogP contribution in [0.3, 0.4) is 0 Å². The Morgan fingerprint density at radius 2 is 1.56 bits per heavy atom. The van der Waals surface area contributed by atoms with Crippen LogP contribution in [0.5, 0.6) is 11.5 Å². The maximum atomic E-state index is 13.4. The molecule has 12 heteroatoms. The fourth-order valence-electron chi connectivity index (χ4n) is 5.80. The molecule has 3 aromatic carbocycles. The van der Waals surface area contributed by atoms with E-state index in [9.17, 15) is 18.0 Å². The van der Waals surface area contributed by atoms with E-state index in [1.807, 2.05) is 41.3 Å². The third-order valence-electron chi connectivity index (χ3n) is 8.13. The van der Waals surface area contributed by atoms with E-state index in [0.29, 0.717) is 49.6 Å². The largest absolute Gasteiger partial charge is 0.573 e. The van der Waals surface area contributed by atoms with E-state index in [2.05, 4.69) is 43.1 Å². The molecule has 0 radical (unpaired) electrons. The summed E-state index contributed by atoms with van der Waals surface area (Å²) >= 11 is 0. The molecule has 7 nitrogen and oxygen atoms in total. The number of rotatable bonds is 9. The second-order valence-electron chi connectivity index (χ2n) is 11.7. The van der Waals surface area contributed by atoms with E-state index < -0.39 is 11.8 Å². The van der Waals surface area contributed by atoms with Gasteiger partial charge >= 0.3 is 12.4 Å². The molecule has 0 aliphatic carbocycles. The lowest BCUT2D eigenvalue weighted by Crippen LogP contribution is -2.50. The van der Waals surface area contributed by atoms with Crippen molar-refractivity contribution in [1.82, 2.24) is 5.32 Å². The number of methoxy groups -OCH3 is 1. The lowest BCUT2D eigenvalue weighted by atomic mass is 9.72. The first-order valence-corrected chi connectivity index (χ1v) is 14.5. The fourth-order valence-corrected chi connectivity index (χ4v) is 5.80. The summed E-state index contributed by atoms with van der Waals surface area (Å²) in [5.74, 6) is 0.755. The lowest BCUT2D eigenvalue weighted by molar-refractivity contribution is -0.274. The maximum absolute atomic E-state index is 13.4. The van der Waals surface area contributed by atoms with Gasteiger partial charge in [0.2, 0.25) is 0 Å². The van der Waals surface area contributed by atoms with Gasteiger partial charge in [-0.2, -0.15) is 0 Å². The summed E-state index contributed by atoms with van der Waals surface area (Å²) in [6.45, 7) is 9.49. The minimum atomic E-state index is -4.79. The number of anilines is 3. The number of urea groups is 1. The molecule has 45 heavy (non-hydrogen) atoms. The Kier molecular flexibility index (Phi) is 13.1. The highest BCUT2D eigenvalue weighted by molar-refractivity contribution is 5.92. The van der Waals surface area contributed by atoms with E-state index in [-0.39, 0.29) is 48.4 Å². The van der Waals surface area contributed by atoms with Crippen LogP contribution in [0.2, 0.25) is 0 Å². The smallest absolute Gasteiger partial charge is 0.497 e. The molecule has 1 aliphatic heterocycles. The third-order valence-corrected chi connectivity index (χ3v) is 8.13. The van der Waals surface area contributed by atoms with Crippen LogP contribution >= 0.6 is 24.8 Å². The number of ether oxygens (including phenoxy) is 2. The summed E-state index contributed by atoms with van der Waals surface area (Å²) < 4.78 is 49.1. The van der Waals surface area contributed by atoms with Crippen molar-refractivity contribution in [3.8, 4) is 11.5 Å². The van der Waals surface area contributed by atoms with Crippen molar-refractivity contribution < 1.29 is 27.4 Å². The molecular weight excluding hydrogens is 628 g/mol. The maximum Gasteiger partial charge on any atom is 0.573 e. The van der Waals surface area contributed by atoms with Gasteiger partial charge in [0.1, 0.15) is 5.75 Å². The molecule has 1 saturated heterocycles. The highest BCUT2D eigenvalue weighted by Crippen LogP contribution is 2.41. The number of piperidine rings is 1. The van der Waals surface area contributed by atoms with Crippen LogP contribution in [-0.2, 0) is 5.41 Å². The second-order valence-corrected chi connectivity index (χ2v) is 11.7. The fraction of sp³-hybridized carbons (Fsp3) is 0.424. The van der Waals surface area contributed by atoms with Gasteiger partial charge in [-0.1, -0.05) is 52.0 Å². The standard InChI is InChI=1S/C33H41F3N4O3.2ClH/c1-21(2)26-18-24(37)19-27(22(3)4)30(26)39-31(41)38-20-32(23-9-8-10-25(17-23)42-5)13-15-40(16-14-32)28-11-6-7-12-29(28)43-33(34,35)36;;/h6-12,17-19,21-22H,13-16,20,37H2,1-5H3,(H2,38,39,41);2*1H. The predicted molar refractivity (Wildman–Crippen MR) is 180 cm³/mol. The minimum absolute atomic E-state index is 0. The molecule has 3 aromatic rings. The van der Waals surface area contributed by atoms with Crippen molar-refractivity contribution in [2.24, 2.45) is 0 Å². The second kappa shape index (κ2) is 15.7. The number of alkyl halides is 3. The molecule has 2 amide bonds. The Balaban J connectivity index is 0.00000353. The van der Waals surface area contributed by atoms with E-state index in [1.165, 1.54) is 12.1 Å². The molecule has 0 spiro atoms. The van der Waals surface area contributed by atoms with Gasteiger partial charge < -0.3 is 30.7 Å². The van der Waals surface area contributed by atoms with E-state index in [0.717, 1.165) is 22.4 Å². The van der Waals surface area contributed by atoms with Crippen molar-refractivity contribution in [2.45, 2.75) is 64.1 Å². The first-order valence-electron chi connectivity index (χ1n) is 14.5. The summed E-state index contributed by atoms with van der Waals surface area (Å²) in [5, 5.41) is 6.21. The van der Waals surface area contributed by atoms with Crippen LogP contribution in [0.1, 0.15) is 69.1 Å². The minimum Gasteiger partial charge on any atom is -0.497 e. The Morgan fingerprint density at radius 3 is 2.11 bits per heavy atom. The number of hydrogen-bond acceptors (Lipinski definition) is 5. The number of nitrogens with one attached hydrogen (secondary N) is 2. The monoisotopic (exact) mass is 670 g/mol. The SMILES string of the molecule is COc1cccc(C2(CNC(=O)Nc3c(C(C)C)cc(N)cc3C(C)C)CCN(c3ccccc3OC(F)(F)F)CC2)c1.Cl.Cl. The van der Waals surface area contributed by atoms with Gasteiger partial charge in [-0.25, -0.2) is 4.79 Å². The van der Waals surface area contributed by atoms with E-state index in [4.69, 9.17) is 10.5 Å². The molecule has 0 saturated carbocycles. The van der Waals surface area contributed by atoms with Crippen molar-refractivity contribution >= 4 is 47.9 Å². The lowest BCUT2D eigenvalue weighted by Gasteiger charge is -2.43. The van der Waals surface area contributed by atoms with Crippen LogP contribution in [-0.4, -0.2) is 39.1 Å². The highest BCUT2D eigenvalue weighted by Gasteiger charge is 2.39. The van der Waals surface area contributed by atoms with Crippen LogP contribution in [0.15, 0.2) is 60.7 Å². The summed E-state index contributed by atoms with van der Waals surface area (Å²) in [5.41, 5.74) is 10.4. The number of nitrogen functional groups attached to an aromatic ring is 1. The topological polar surface area (TPSA) is 88.8 Å². The number of nitrogens with zero attached hydrogens (tertiary/aromatic N) is 1. The van der Waals surface area contributed by atoms with Gasteiger partial charge in [0.25, 0.3) is 0 Å². The van der Waals surface area contributed by atoms with Crippen molar-refractivity contribution in [2.75, 3.05) is 42.7 Å². The summed E-state index contributed by atoms with van der Waals surface area (Å²) in [6.07, 6.45) is -3.63. The zero-order valence-electron chi connectivity index (χ0n) is 26.2. The van der Waals surface area contributed by atoms with Gasteiger partial charge in [-0.05, 0) is 77.8 Å². The number of hydrogen-bond donors (Lipinski definition) is 3. The number of nitrogens with two attached hydrogens (primary N) is 1. The van der Waals surface area contributed by atoms with Gasteiger partial charge in [-0.3, -0.25) is 0 Å². The Morgan fingerprint density at radius 1 is 0.956 bits per heavy atom. The molecule has 248 valence electrons. The van der Waals surface area contributed by atoms with Crippen LogP contribution in [0.4, 0.5) is 35.0 Å². The summed E-state index contributed by atoms with van der Waals surface area (Å²) in [7, 11) is 1.60. The molecule has 0 unspecified atom stereocenters.